The molecule has 17 heavy (non-hydrogen) atoms. The van der Waals surface area contributed by atoms with Crippen LogP contribution in [0, 0.1) is 0 Å². The number of rotatable bonds is 2. The first kappa shape index (κ1) is 12.0. The largest absolute Gasteiger partial charge is 0.450 e. The maximum absolute atomic E-state index is 11.9. The van der Waals surface area contributed by atoms with Gasteiger partial charge in [-0.2, -0.15) is 0 Å². The zero-order valence-corrected chi connectivity index (χ0v) is 10.5. The Morgan fingerprint density at radius 2 is 2.12 bits per heavy atom. The predicted octanol–water partition coefficient (Wildman–Crippen LogP) is 3.15. The van der Waals surface area contributed by atoms with Gasteiger partial charge in [-0.1, -0.05) is 30.3 Å². The minimum absolute atomic E-state index is 0.198. The highest BCUT2D eigenvalue weighted by Gasteiger charge is 2.41. The average molecular weight is 233 g/mol. The predicted molar refractivity (Wildman–Crippen MR) is 66.8 cm³/mol. The standard InChI is InChI=1S/C14H19NO2/c1-3-17-13(16)15-11-7-10-14(15,2)12-8-5-4-6-9-12/h4-6,8-9H,3,7,10-11H2,1-2H3. The van der Waals surface area contributed by atoms with Gasteiger partial charge in [0.2, 0.25) is 0 Å². The number of hydrogen-bond acceptors (Lipinski definition) is 2. The summed E-state index contributed by atoms with van der Waals surface area (Å²) >= 11 is 0. The van der Waals surface area contributed by atoms with E-state index in [9.17, 15) is 4.79 Å². The van der Waals surface area contributed by atoms with Gasteiger partial charge in [0.25, 0.3) is 0 Å². The highest BCUT2D eigenvalue weighted by atomic mass is 16.6. The van der Waals surface area contributed by atoms with E-state index in [0.29, 0.717) is 6.61 Å². The van der Waals surface area contributed by atoms with E-state index in [1.807, 2.05) is 30.0 Å². The Kier molecular flexibility index (Phi) is 3.36. The van der Waals surface area contributed by atoms with Crippen molar-refractivity contribution in [2.24, 2.45) is 0 Å². The van der Waals surface area contributed by atoms with Crippen LogP contribution in [0.3, 0.4) is 0 Å². The zero-order valence-electron chi connectivity index (χ0n) is 10.5. The molecule has 1 amide bonds. The molecule has 1 atom stereocenters. The Labute approximate surface area is 102 Å². The third kappa shape index (κ3) is 2.14. The lowest BCUT2D eigenvalue weighted by Gasteiger charge is -2.34. The highest BCUT2D eigenvalue weighted by molar-refractivity contribution is 5.69. The van der Waals surface area contributed by atoms with Crippen LogP contribution >= 0.6 is 0 Å². The molecule has 0 aromatic heterocycles. The molecule has 0 N–H and O–H groups in total. The van der Waals surface area contributed by atoms with Gasteiger partial charge in [0.1, 0.15) is 0 Å². The van der Waals surface area contributed by atoms with Crippen molar-refractivity contribution >= 4 is 6.09 Å². The molecule has 1 aromatic carbocycles. The summed E-state index contributed by atoms with van der Waals surface area (Å²) in [5, 5.41) is 0. The minimum atomic E-state index is -0.215. The summed E-state index contributed by atoms with van der Waals surface area (Å²) in [5.41, 5.74) is 0.971. The van der Waals surface area contributed by atoms with E-state index < -0.39 is 0 Å². The van der Waals surface area contributed by atoms with Crippen LogP contribution in [-0.2, 0) is 10.3 Å². The van der Waals surface area contributed by atoms with Crippen LogP contribution in [0.25, 0.3) is 0 Å². The smallest absolute Gasteiger partial charge is 0.410 e. The van der Waals surface area contributed by atoms with E-state index in [2.05, 4.69) is 19.1 Å². The zero-order chi connectivity index (χ0) is 12.3. The van der Waals surface area contributed by atoms with Crippen LogP contribution in [-0.4, -0.2) is 24.1 Å². The van der Waals surface area contributed by atoms with E-state index in [1.54, 1.807) is 0 Å². The van der Waals surface area contributed by atoms with Crippen LogP contribution in [0.15, 0.2) is 30.3 Å². The topological polar surface area (TPSA) is 29.5 Å². The molecule has 92 valence electrons. The third-order valence-corrected chi connectivity index (χ3v) is 3.52. The van der Waals surface area contributed by atoms with Gasteiger partial charge >= 0.3 is 6.09 Å². The fraction of sp³-hybridized carbons (Fsp3) is 0.500. The van der Waals surface area contributed by atoms with E-state index in [1.165, 1.54) is 5.56 Å². The summed E-state index contributed by atoms with van der Waals surface area (Å²) in [4.78, 5) is 13.8. The molecule has 0 spiro atoms. The number of hydrogen-bond donors (Lipinski definition) is 0. The molecule has 0 radical (unpaired) electrons. The molecule has 2 rings (SSSR count). The highest BCUT2D eigenvalue weighted by Crippen LogP contribution is 2.38. The third-order valence-electron chi connectivity index (χ3n) is 3.52. The number of nitrogens with zero attached hydrogens (tertiary/aromatic N) is 1. The summed E-state index contributed by atoms with van der Waals surface area (Å²) < 4.78 is 5.13. The maximum Gasteiger partial charge on any atom is 0.410 e. The monoisotopic (exact) mass is 233 g/mol. The van der Waals surface area contributed by atoms with Gasteiger partial charge in [0, 0.05) is 6.54 Å². The van der Waals surface area contributed by atoms with E-state index >= 15 is 0 Å². The Bertz CT molecular complexity index is 390. The van der Waals surface area contributed by atoms with Crippen molar-refractivity contribution in [3.63, 3.8) is 0 Å². The van der Waals surface area contributed by atoms with Gasteiger partial charge in [-0.05, 0) is 32.3 Å². The van der Waals surface area contributed by atoms with Crippen LogP contribution in [0.5, 0.6) is 0 Å². The van der Waals surface area contributed by atoms with Crippen molar-refractivity contribution < 1.29 is 9.53 Å². The molecule has 1 aliphatic heterocycles. The summed E-state index contributed by atoms with van der Waals surface area (Å²) in [6.45, 7) is 5.17. The van der Waals surface area contributed by atoms with Crippen molar-refractivity contribution in [3.8, 4) is 0 Å². The Hall–Kier alpha value is -1.51. The number of likely N-dealkylation sites (tertiary alicyclic amines) is 1. The molecule has 1 aliphatic rings. The number of amides is 1. The van der Waals surface area contributed by atoms with Crippen molar-refractivity contribution in [2.75, 3.05) is 13.2 Å². The second kappa shape index (κ2) is 4.78. The molecule has 1 saturated heterocycles. The number of ether oxygens (including phenoxy) is 1. The molecule has 0 bridgehead atoms. The average Bonchev–Trinajstić information content (AvgIpc) is 2.74. The molecule has 0 aliphatic carbocycles. The molecule has 1 aromatic rings. The van der Waals surface area contributed by atoms with E-state index in [-0.39, 0.29) is 11.6 Å². The lowest BCUT2D eigenvalue weighted by atomic mass is 9.89. The molecule has 3 nitrogen and oxygen atoms in total. The quantitative estimate of drug-likeness (QED) is 0.785. The minimum Gasteiger partial charge on any atom is -0.450 e. The van der Waals surface area contributed by atoms with Crippen molar-refractivity contribution in [1.82, 2.24) is 4.90 Å². The summed E-state index contributed by atoms with van der Waals surface area (Å²) in [6, 6.07) is 10.2. The SMILES string of the molecule is CCOC(=O)N1CCCC1(C)c1ccccc1. The van der Waals surface area contributed by atoms with Crippen molar-refractivity contribution in [2.45, 2.75) is 32.2 Å². The molecule has 1 unspecified atom stereocenters. The van der Waals surface area contributed by atoms with Gasteiger partial charge in [-0.15, -0.1) is 0 Å². The van der Waals surface area contributed by atoms with Crippen LogP contribution in [0.2, 0.25) is 0 Å². The van der Waals surface area contributed by atoms with Gasteiger partial charge in [-0.25, -0.2) is 4.79 Å². The Morgan fingerprint density at radius 1 is 1.41 bits per heavy atom. The normalized spacial score (nSPS) is 23.8. The van der Waals surface area contributed by atoms with Crippen LogP contribution in [0.4, 0.5) is 4.79 Å². The summed E-state index contributed by atoms with van der Waals surface area (Å²) in [6.07, 6.45) is 1.83. The van der Waals surface area contributed by atoms with Gasteiger partial charge < -0.3 is 4.74 Å². The van der Waals surface area contributed by atoms with Gasteiger partial charge in [0.05, 0.1) is 12.1 Å². The summed E-state index contributed by atoms with van der Waals surface area (Å²) in [7, 11) is 0. The Balaban J connectivity index is 2.26. The first-order valence-electron chi connectivity index (χ1n) is 6.18. The molecule has 1 fully saturated rings. The van der Waals surface area contributed by atoms with Crippen molar-refractivity contribution in [3.05, 3.63) is 35.9 Å². The number of benzene rings is 1. The fourth-order valence-electron chi connectivity index (χ4n) is 2.55. The first-order chi connectivity index (χ1) is 8.18. The van der Waals surface area contributed by atoms with E-state index in [4.69, 9.17) is 4.74 Å². The van der Waals surface area contributed by atoms with Gasteiger partial charge in [-0.3, -0.25) is 4.90 Å². The molecular formula is C14H19NO2. The molecule has 3 heteroatoms. The number of carbonyl (C=O) groups excluding carboxylic acids is 1. The lowest BCUT2D eigenvalue weighted by Crippen LogP contribution is -2.43. The summed E-state index contributed by atoms with van der Waals surface area (Å²) in [5.74, 6) is 0. The van der Waals surface area contributed by atoms with Crippen LogP contribution < -0.4 is 0 Å². The number of carbonyl (C=O) groups is 1. The fourth-order valence-corrected chi connectivity index (χ4v) is 2.55. The Morgan fingerprint density at radius 3 is 2.76 bits per heavy atom. The van der Waals surface area contributed by atoms with E-state index in [0.717, 1.165) is 19.4 Å². The first-order valence-corrected chi connectivity index (χ1v) is 6.18. The maximum atomic E-state index is 11.9. The molecule has 0 saturated carbocycles. The molecule has 1 heterocycles. The second-order valence-corrected chi connectivity index (χ2v) is 4.59. The second-order valence-electron chi connectivity index (χ2n) is 4.59. The molecular weight excluding hydrogens is 214 g/mol. The van der Waals surface area contributed by atoms with Crippen molar-refractivity contribution in [1.29, 1.82) is 0 Å². The van der Waals surface area contributed by atoms with Gasteiger partial charge in [0.15, 0.2) is 0 Å². The van der Waals surface area contributed by atoms with Crippen LogP contribution in [0.1, 0.15) is 32.3 Å². The lowest BCUT2D eigenvalue weighted by molar-refractivity contribution is 0.0783.